The van der Waals surface area contributed by atoms with Gasteiger partial charge in [-0.2, -0.15) is 0 Å². The molecule has 0 saturated heterocycles. The molecule has 2 aromatic rings. The second-order valence-corrected chi connectivity index (χ2v) is 12.8. The van der Waals surface area contributed by atoms with Crippen molar-refractivity contribution in [3.8, 4) is 5.75 Å². The van der Waals surface area contributed by atoms with Crippen LogP contribution in [0.4, 0.5) is 24.5 Å². The van der Waals surface area contributed by atoms with Crippen molar-refractivity contribution < 1.29 is 27.5 Å². The van der Waals surface area contributed by atoms with E-state index in [-0.39, 0.29) is 36.2 Å². The molecule has 4 aliphatic rings. The molecule has 0 bridgehead atoms. The van der Waals surface area contributed by atoms with Gasteiger partial charge in [0.2, 0.25) is 11.8 Å². The van der Waals surface area contributed by atoms with E-state index in [2.05, 4.69) is 27.9 Å². The fourth-order valence-corrected chi connectivity index (χ4v) is 7.06. The number of benzene rings is 2. The number of nitrogens with zero attached hydrogens (tertiary/aromatic N) is 1. The standard InChI is InChI=1S/C29H30F3IN2O3/c1-35-24-21(28(26(35)37)10-12-29(31,32)13-11-28)15-18(16-22(24)30)34-25(36)20-3-2-17(33)14-23(20)38-19-4-6-27(7-5-19)8-9-27/h2-3,14-16,19H,4-13H2,1H3,(H,34,36). The predicted molar refractivity (Wildman–Crippen MR) is 147 cm³/mol. The van der Waals surface area contributed by atoms with E-state index in [9.17, 15) is 18.4 Å². The van der Waals surface area contributed by atoms with E-state index in [1.165, 1.54) is 30.9 Å². The van der Waals surface area contributed by atoms with Crippen LogP contribution in [0.1, 0.15) is 80.1 Å². The van der Waals surface area contributed by atoms with E-state index in [1.807, 2.05) is 12.1 Å². The van der Waals surface area contributed by atoms with Crippen LogP contribution in [0.3, 0.4) is 0 Å². The Kier molecular flexibility index (Phi) is 6.23. The quantitative estimate of drug-likeness (QED) is 0.361. The van der Waals surface area contributed by atoms with Crippen LogP contribution in [0, 0.1) is 14.8 Å². The zero-order chi connectivity index (χ0) is 26.9. The molecule has 0 atom stereocenters. The number of likely N-dealkylation sites (N-methyl/N-ethyl adjacent to an activating group) is 1. The molecule has 2 aromatic carbocycles. The molecule has 1 aliphatic heterocycles. The molecule has 0 unspecified atom stereocenters. The minimum absolute atomic E-state index is 0.0502. The largest absolute Gasteiger partial charge is 0.490 e. The Bertz CT molecular complexity index is 1310. The van der Waals surface area contributed by atoms with Gasteiger partial charge in [-0.15, -0.1) is 0 Å². The van der Waals surface area contributed by atoms with Crippen LogP contribution < -0.4 is 15.0 Å². The lowest BCUT2D eigenvalue weighted by atomic mass is 9.69. The van der Waals surface area contributed by atoms with E-state index in [0.717, 1.165) is 29.3 Å². The normalized spacial score (nSPS) is 24.4. The van der Waals surface area contributed by atoms with Crippen molar-refractivity contribution in [2.24, 2.45) is 5.41 Å². The molecule has 9 heteroatoms. The average Bonchev–Trinajstić information content (AvgIpc) is 3.59. The molecule has 3 aliphatic carbocycles. The van der Waals surface area contributed by atoms with Crippen molar-refractivity contribution in [2.45, 2.75) is 81.6 Å². The average molecular weight is 638 g/mol. The van der Waals surface area contributed by atoms with Gasteiger partial charge in [-0.05, 0) is 115 Å². The maximum atomic E-state index is 15.3. The van der Waals surface area contributed by atoms with E-state index in [1.54, 1.807) is 12.1 Å². The van der Waals surface area contributed by atoms with Gasteiger partial charge in [-0.1, -0.05) is 0 Å². The number of fused-ring (bicyclic) bond motifs is 2. The third kappa shape index (κ3) is 4.48. The van der Waals surface area contributed by atoms with Crippen LogP contribution >= 0.6 is 22.6 Å². The molecular weight excluding hydrogens is 608 g/mol. The van der Waals surface area contributed by atoms with Gasteiger partial charge in [0, 0.05) is 29.1 Å². The maximum absolute atomic E-state index is 15.3. The fraction of sp³-hybridized carbons (Fsp3) is 0.517. The van der Waals surface area contributed by atoms with Gasteiger partial charge in [-0.3, -0.25) is 9.59 Å². The summed E-state index contributed by atoms with van der Waals surface area (Å²) in [6.45, 7) is 0. The summed E-state index contributed by atoms with van der Waals surface area (Å²) in [6, 6.07) is 8.11. The first-order valence-electron chi connectivity index (χ1n) is 13.3. The summed E-state index contributed by atoms with van der Waals surface area (Å²) in [7, 11) is 1.47. The summed E-state index contributed by atoms with van der Waals surface area (Å²) in [5.74, 6) is -3.84. The maximum Gasteiger partial charge on any atom is 0.259 e. The molecule has 0 radical (unpaired) electrons. The van der Waals surface area contributed by atoms with Crippen LogP contribution in [0.2, 0.25) is 0 Å². The molecular formula is C29H30F3IN2O3. The summed E-state index contributed by atoms with van der Waals surface area (Å²) in [5, 5.41) is 2.78. The van der Waals surface area contributed by atoms with Gasteiger partial charge >= 0.3 is 0 Å². The molecule has 38 heavy (non-hydrogen) atoms. The molecule has 2 amide bonds. The molecule has 6 rings (SSSR count). The van der Waals surface area contributed by atoms with Crippen LogP contribution in [0.25, 0.3) is 0 Å². The number of hydrogen-bond acceptors (Lipinski definition) is 3. The molecule has 2 spiro atoms. The Morgan fingerprint density at radius 2 is 1.71 bits per heavy atom. The van der Waals surface area contributed by atoms with Crippen LogP contribution in [0.15, 0.2) is 30.3 Å². The Balaban J connectivity index is 1.26. The smallest absolute Gasteiger partial charge is 0.259 e. The molecule has 1 N–H and O–H groups in total. The Morgan fingerprint density at radius 3 is 2.37 bits per heavy atom. The number of ether oxygens (including phenoxy) is 1. The van der Waals surface area contributed by atoms with E-state index in [0.29, 0.717) is 22.3 Å². The highest BCUT2D eigenvalue weighted by Gasteiger charge is 2.55. The molecule has 202 valence electrons. The van der Waals surface area contributed by atoms with Gasteiger partial charge in [0.15, 0.2) is 0 Å². The molecule has 3 saturated carbocycles. The highest BCUT2D eigenvalue weighted by Crippen LogP contribution is 2.56. The highest BCUT2D eigenvalue weighted by atomic mass is 127. The molecule has 1 heterocycles. The number of halogens is 4. The Morgan fingerprint density at radius 1 is 1.03 bits per heavy atom. The van der Waals surface area contributed by atoms with Crippen LogP contribution in [0.5, 0.6) is 5.75 Å². The van der Waals surface area contributed by atoms with Gasteiger partial charge in [0.25, 0.3) is 5.91 Å². The number of anilines is 2. The first-order valence-corrected chi connectivity index (χ1v) is 14.4. The fourth-order valence-electron chi connectivity index (χ4n) is 6.60. The first kappa shape index (κ1) is 26.0. The van der Waals surface area contributed by atoms with Crippen molar-refractivity contribution in [2.75, 3.05) is 17.3 Å². The van der Waals surface area contributed by atoms with E-state index in [4.69, 9.17) is 4.74 Å². The SMILES string of the molecule is CN1C(=O)C2(CCC(F)(F)CC2)c2cc(NC(=O)c3ccc(I)cc3OC3CCC4(CC3)CC4)cc(F)c21. The number of rotatable bonds is 4. The lowest BCUT2D eigenvalue weighted by molar-refractivity contribution is -0.127. The van der Waals surface area contributed by atoms with E-state index < -0.39 is 35.9 Å². The number of carbonyl (C=O) groups excluding carboxylic acids is 2. The lowest BCUT2D eigenvalue weighted by Gasteiger charge is -2.36. The summed E-state index contributed by atoms with van der Waals surface area (Å²) >= 11 is 2.18. The molecule has 3 fully saturated rings. The summed E-state index contributed by atoms with van der Waals surface area (Å²) < 4.78 is 50.5. The summed E-state index contributed by atoms with van der Waals surface area (Å²) in [4.78, 5) is 27.8. The van der Waals surface area contributed by atoms with Crippen molar-refractivity contribution >= 4 is 45.8 Å². The van der Waals surface area contributed by atoms with Crippen molar-refractivity contribution in [3.05, 3.63) is 50.8 Å². The van der Waals surface area contributed by atoms with Gasteiger partial charge in [0.05, 0.1) is 22.8 Å². The number of alkyl halides is 2. The number of carbonyl (C=O) groups is 2. The van der Waals surface area contributed by atoms with Crippen molar-refractivity contribution in [3.63, 3.8) is 0 Å². The highest BCUT2D eigenvalue weighted by molar-refractivity contribution is 14.1. The van der Waals surface area contributed by atoms with Gasteiger partial charge in [-0.25, -0.2) is 13.2 Å². The molecule has 0 aromatic heterocycles. The van der Waals surface area contributed by atoms with Gasteiger partial charge in [0.1, 0.15) is 11.6 Å². The number of amides is 2. The zero-order valence-corrected chi connectivity index (χ0v) is 23.4. The summed E-state index contributed by atoms with van der Waals surface area (Å²) in [5.41, 5.74) is 0.323. The van der Waals surface area contributed by atoms with Crippen LogP contribution in [-0.2, 0) is 10.2 Å². The second-order valence-electron chi connectivity index (χ2n) is 11.6. The van der Waals surface area contributed by atoms with E-state index >= 15 is 4.39 Å². The number of hydrogen-bond donors (Lipinski definition) is 1. The van der Waals surface area contributed by atoms with Crippen molar-refractivity contribution in [1.29, 1.82) is 0 Å². The third-order valence-corrected chi connectivity index (χ3v) is 9.82. The summed E-state index contributed by atoms with van der Waals surface area (Å²) in [6.07, 6.45) is 5.89. The Hall–Kier alpha value is -2.30. The topological polar surface area (TPSA) is 58.6 Å². The van der Waals surface area contributed by atoms with Crippen LogP contribution in [-0.4, -0.2) is 30.9 Å². The third-order valence-electron chi connectivity index (χ3n) is 9.15. The Labute approximate surface area is 233 Å². The minimum atomic E-state index is -2.84. The zero-order valence-electron chi connectivity index (χ0n) is 21.2. The second kappa shape index (κ2) is 9.13. The monoisotopic (exact) mass is 638 g/mol. The van der Waals surface area contributed by atoms with Gasteiger partial charge < -0.3 is 15.0 Å². The predicted octanol–water partition coefficient (Wildman–Crippen LogP) is 7.21. The number of nitrogens with one attached hydrogen (secondary N) is 1. The van der Waals surface area contributed by atoms with Crippen molar-refractivity contribution in [1.82, 2.24) is 0 Å². The first-order chi connectivity index (χ1) is 18.0. The lowest BCUT2D eigenvalue weighted by Crippen LogP contribution is -2.44. The molecule has 5 nitrogen and oxygen atoms in total. The minimum Gasteiger partial charge on any atom is -0.490 e.